The van der Waals surface area contributed by atoms with Crippen LogP contribution in [0.2, 0.25) is 0 Å². The van der Waals surface area contributed by atoms with Crippen molar-refractivity contribution in [2.24, 2.45) is 0 Å². The van der Waals surface area contributed by atoms with Crippen molar-refractivity contribution in [2.75, 3.05) is 19.0 Å². The highest BCUT2D eigenvalue weighted by molar-refractivity contribution is 5.92. The van der Waals surface area contributed by atoms with Gasteiger partial charge in [-0.3, -0.25) is 14.9 Å². The van der Waals surface area contributed by atoms with E-state index in [1.54, 1.807) is 6.92 Å². The zero-order chi connectivity index (χ0) is 21.8. The predicted molar refractivity (Wildman–Crippen MR) is 116 cm³/mol. The second-order valence-electron chi connectivity index (χ2n) is 8.33. The lowest BCUT2D eigenvalue weighted by atomic mass is 10.0. The van der Waals surface area contributed by atoms with Crippen LogP contribution in [0.5, 0.6) is 5.75 Å². The van der Waals surface area contributed by atoms with Crippen LogP contribution < -0.4 is 15.0 Å². The zero-order valence-electron chi connectivity index (χ0n) is 18.0. The summed E-state index contributed by atoms with van der Waals surface area (Å²) in [5.74, 6) is 0.533. The third-order valence-electron chi connectivity index (χ3n) is 5.62. The number of amides is 1. The highest BCUT2D eigenvalue weighted by Gasteiger charge is 2.34. The minimum Gasteiger partial charge on any atom is -0.490 e. The van der Waals surface area contributed by atoms with Crippen LogP contribution in [0, 0.1) is 17.0 Å². The van der Waals surface area contributed by atoms with Crippen molar-refractivity contribution < 1.29 is 19.4 Å². The second-order valence-corrected chi connectivity index (χ2v) is 8.33. The summed E-state index contributed by atoms with van der Waals surface area (Å²) < 4.78 is 5.12. The molecule has 2 aromatic carbocycles. The van der Waals surface area contributed by atoms with E-state index >= 15 is 0 Å². The first-order chi connectivity index (χ1) is 14.3. The Labute approximate surface area is 177 Å². The molecule has 2 N–H and O–H groups in total. The van der Waals surface area contributed by atoms with Crippen molar-refractivity contribution in [3.63, 3.8) is 0 Å². The Morgan fingerprint density at radius 1 is 1.27 bits per heavy atom. The SMILES string of the molecule is COc1cc(NC(=O)C[NH+](Cc2ccc(C(C)C)cc2)C2CC2)c(C)cc1[N+](=O)[O-]. The third-order valence-corrected chi connectivity index (χ3v) is 5.62. The maximum atomic E-state index is 12.8. The molecule has 3 rings (SSSR count). The second kappa shape index (κ2) is 9.26. The molecule has 1 aliphatic carbocycles. The van der Waals surface area contributed by atoms with E-state index in [4.69, 9.17) is 4.74 Å². The van der Waals surface area contributed by atoms with Crippen LogP contribution in [0.3, 0.4) is 0 Å². The number of aryl methyl sites for hydroxylation is 1. The monoisotopic (exact) mass is 412 g/mol. The Kier molecular flexibility index (Phi) is 6.72. The van der Waals surface area contributed by atoms with Crippen LogP contribution in [0.25, 0.3) is 0 Å². The predicted octanol–water partition coefficient (Wildman–Crippen LogP) is 3.22. The number of ether oxygens (including phenoxy) is 1. The van der Waals surface area contributed by atoms with E-state index in [1.807, 2.05) is 0 Å². The maximum Gasteiger partial charge on any atom is 0.311 e. The van der Waals surface area contributed by atoms with Crippen molar-refractivity contribution in [1.29, 1.82) is 0 Å². The summed E-state index contributed by atoms with van der Waals surface area (Å²) >= 11 is 0. The van der Waals surface area contributed by atoms with Crippen LogP contribution in [-0.4, -0.2) is 30.5 Å². The lowest BCUT2D eigenvalue weighted by Gasteiger charge is -2.20. The van der Waals surface area contributed by atoms with Gasteiger partial charge in [0.1, 0.15) is 6.54 Å². The number of hydrogen-bond acceptors (Lipinski definition) is 4. The van der Waals surface area contributed by atoms with Crippen LogP contribution in [0.1, 0.15) is 49.3 Å². The fourth-order valence-corrected chi connectivity index (χ4v) is 3.64. The number of rotatable bonds is 9. The highest BCUT2D eigenvalue weighted by Crippen LogP contribution is 2.32. The highest BCUT2D eigenvalue weighted by atomic mass is 16.6. The Morgan fingerprint density at radius 2 is 1.93 bits per heavy atom. The van der Waals surface area contributed by atoms with Crippen molar-refractivity contribution in [2.45, 2.75) is 52.1 Å². The molecule has 0 radical (unpaired) electrons. The molecular formula is C23H30N3O4+. The topological polar surface area (TPSA) is 85.9 Å². The standard InChI is InChI=1S/C23H29N3O4/c1-15(2)18-7-5-17(6-8-18)13-25(19-9-10-19)14-23(27)24-20-12-22(30-4)21(26(28)29)11-16(20)3/h5-8,11-12,15,19H,9-10,13-14H2,1-4H3,(H,24,27)/p+1. The molecule has 1 atom stereocenters. The number of carbonyl (C=O) groups is 1. The summed E-state index contributed by atoms with van der Waals surface area (Å²) in [6, 6.07) is 12.1. The largest absolute Gasteiger partial charge is 0.490 e. The molecule has 7 heteroatoms. The Morgan fingerprint density at radius 3 is 2.47 bits per heavy atom. The molecule has 160 valence electrons. The van der Waals surface area contributed by atoms with Gasteiger partial charge in [-0.25, -0.2) is 0 Å². The molecular weight excluding hydrogens is 382 g/mol. The average Bonchev–Trinajstić information content (AvgIpc) is 3.54. The van der Waals surface area contributed by atoms with Gasteiger partial charge in [0.25, 0.3) is 5.91 Å². The molecule has 0 spiro atoms. The van der Waals surface area contributed by atoms with E-state index in [-0.39, 0.29) is 17.3 Å². The summed E-state index contributed by atoms with van der Waals surface area (Å²) in [6.07, 6.45) is 2.27. The molecule has 2 aromatic rings. The van der Waals surface area contributed by atoms with E-state index in [1.165, 1.54) is 35.3 Å². The Balaban J connectivity index is 1.68. The van der Waals surface area contributed by atoms with Gasteiger partial charge in [0.05, 0.1) is 18.1 Å². The van der Waals surface area contributed by atoms with Gasteiger partial charge < -0.3 is 15.0 Å². The minimum atomic E-state index is -0.485. The van der Waals surface area contributed by atoms with E-state index < -0.39 is 4.92 Å². The van der Waals surface area contributed by atoms with Crippen LogP contribution in [0.4, 0.5) is 11.4 Å². The molecule has 30 heavy (non-hydrogen) atoms. The van der Waals surface area contributed by atoms with Crippen LogP contribution in [-0.2, 0) is 11.3 Å². The Bertz CT molecular complexity index is 921. The maximum absolute atomic E-state index is 12.8. The number of nitro benzene ring substituents is 1. The van der Waals surface area contributed by atoms with Gasteiger partial charge in [-0.05, 0) is 24.0 Å². The smallest absolute Gasteiger partial charge is 0.311 e. The average molecular weight is 413 g/mol. The van der Waals surface area contributed by atoms with Gasteiger partial charge in [-0.1, -0.05) is 38.1 Å². The molecule has 0 saturated heterocycles. The number of benzene rings is 2. The van der Waals surface area contributed by atoms with Gasteiger partial charge in [-0.2, -0.15) is 0 Å². The Hall–Kier alpha value is -2.93. The number of nitro groups is 1. The molecule has 1 saturated carbocycles. The van der Waals surface area contributed by atoms with E-state index in [0.29, 0.717) is 29.8 Å². The number of hydrogen-bond donors (Lipinski definition) is 2. The van der Waals surface area contributed by atoms with Gasteiger partial charge in [0.2, 0.25) is 0 Å². The normalized spacial score (nSPS) is 14.4. The number of nitrogens with one attached hydrogen (secondary N) is 2. The number of quaternary nitrogens is 1. The number of carbonyl (C=O) groups excluding carboxylic acids is 1. The molecule has 1 aliphatic rings. The summed E-state index contributed by atoms with van der Waals surface area (Å²) in [7, 11) is 1.38. The lowest BCUT2D eigenvalue weighted by molar-refractivity contribution is -0.916. The fraction of sp³-hybridized carbons (Fsp3) is 0.435. The van der Waals surface area contributed by atoms with Gasteiger partial charge in [-0.15, -0.1) is 0 Å². The van der Waals surface area contributed by atoms with E-state index in [9.17, 15) is 14.9 Å². The van der Waals surface area contributed by atoms with Gasteiger partial charge in [0.15, 0.2) is 12.3 Å². The molecule has 1 fully saturated rings. The molecule has 0 bridgehead atoms. The quantitative estimate of drug-likeness (QED) is 0.489. The summed E-state index contributed by atoms with van der Waals surface area (Å²) in [5.41, 5.74) is 3.60. The molecule has 7 nitrogen and oxygen atoms in total. The molecule has 1 unspecified atom stereocenters. The zero-order valence-corrected chi connectivity index (χ0v) is 18.0. The van der Waals surface area contributed by atoms with Crippen LogP contribution in [0.15, 0.2) is 36.4 Å². The molecule has 1 amide bonds. The number of anilines is 1. The molecule has 0 heterocycles. The first-order valence-electron chi connectivity index (χ1n) is 10.3. The summed E-state index contributed by atoms with van der Waals surface area (Å²) in [5, 5.41) is 14.1. The summed E-state index contributed by atoms with van der Waals surface area (Å²) in [6.45, 7) is 7.25. The van der Waals surface area contributed by atoms with Crippen molar-refractivity contribution in [1.82, 2.24) is 0 Å². The first kappa shape index (κ1) is 21.8. The first-order valence-corrected chi connectivity index (χ1v) is 10.3. The van der Waals surface area contributed by atoms with E-state index in [2.05, 4.69) is 43.4 Å². The van der Waals surface area contributed by atoms with Gasteiger partial charge in [0, 0.05) is 36.2 Å². The van der Waals surface area contributed by atoms with Crippen LogP contribution >= 0.6 is 0 Å². The third kappa shape index (κ3) is 5.36. The van der Waals surface area contributed by atoms with Gasteiger partial charge >= 0.3 is 5.69 Å². The molecule has 0 aliphatic heterocycles. The van der Waals surface area contributed by atoms with Crippen molar-refractivity contribution in [3.8, 4) is 5.75 Å². The lowest BCUT2D eigenvalue weighted by Crippen LogP contribution is -3.13. The fourth-order valence-electron chi connectivity index (χ4n) is 3.64. The van der Waals surface area contributed by atoms with Crippen molar-refractivity contribution >= 4 is 17.3 Å². The molecule has 0 aromatic heterocycles. The number of nitrogens with zero attached hydrogens (tertiary/aromatic N) is 1. The number of methoxy groups -OCH3 is 1. The van der Waals surface area contributed by atoms with E-state index in [0.717, 1.165) is 19.4 Å². The minimum absolute atomic E-state index is 0.102. The van der Waals surface area contributed by atoms with Crippen molar-refractivity contribution in [3.05, 3.63) is 63.2 Å². The summed E-state index contributed by atoms with van der Waals surface area (Å²) in [4.78, 5) is 24.7.